The molecule has 0 radical (unpaired) electrons. The highest BCUT2D eigenvalue weighted by Gasteiger charge is 2.26. The molecule has 2 aromatic rings. The Balaban J connectivity index is 1.43. The number of aromatic nitrogens is 2. The minimum atomic E-state index is -0.0714. The first-order valence-electron chi connectivity index (χ1n) is 8.03. The molecule has 3 heterocycles. The fourth-order valence-electron chi connectivity index (χ4n) is 3.59. The summed E-state index contributed by atoms with van der Waals surface area (Å²) < 4.78 is 16.0. The third kappa shape index (κ3) is 2.66. The van der Waals surface area contributed by atoms with E-state index in [0.717, 1.165) is 56.9 Å². The summed E-state index contributed by atoms with van der Waals surface area (Å²) in [7, 11) is 0. The van der Waals surface area contributed by atoms with Crippen LogP contribution in [-0.2, 0) is 19.6 Å². The lowest BCUT2D eigenvalue weighted by Gasteiger charge is -2.15. The van der Waals surface area contributed by atoms with Crippen LogP contribution in [0.15, 0.2) is 30.3 Å². The number of nitrogens with zero attached hydrogens (tertiary/aromatic N) is 3. The van der Waals surface area contributed by atoms with Crippen LogP contribution < -0.4 is 5.32 Å². The molecule has 116 valence electrons. The molecule has 1 aromatic carbocycles. The first-order chi connectivity index (χ1) is 10.8. The summed E-state index contributed by atoms with van der Waals surface area (Å²) in [5, 5.41) is 8.06. The normalized spacial score (nSPS) is 22.0. The van der Waals surface area contributed by atoms with Gasteiger partial charge in [-0.1, -0.05) is 18.2 Å². The van der Waals surface area contributed by atoms with Crippen LogP contribution in [0.2, 0.25) is 0 Å². The topological polar surface area (TPSA) is 33.1 Å². The van der Waals surface area contributed by atoms with Crippen molar-refractivity contribution in [3.63, 3.8) is 0 Å². The van der Waals surface area contributed by atoms with Gasteiger partial charge in [0.15, 0.2) is 0 Å². The third-order valence-electron chi connectivity index (χ3n) is 4.72. The van der Waals surface area contributed by atoms with E-state index < -0.39 is 0 Å². The van der Waals surface area contributed by atoms with Gasteiger partial charge in [0, 0.05) is 32.1 Å². The lowest BCUT2D eigenvalue weighted by molar-refractivity contribution is 0.320. The average Bonchev–Trinajstić information content (AvgIpc) is 3.14. The average molecular weight is 300 g/mol. The molecule has 2 aliphatic rings. The van der Waals surface area contributed by atoms with Gasteiger partial charge in [0.05, 0.1) is 17.9 Å². The van der Waals surface area contributed by atoms with Crippen molar-refractivity contribution in [2.24, 2.45) is 0 Å². The van der Waals surface area contributed by atoms with Crippen LogP contribution in [0.5, 0.6) is 0 Å². The molecular weight excluding hydrogens is 279 g/mol. The van der Waals surface area contributed by atoms with Crippen molar-refractivity contribution in [3.05, 3.63) is 53.1 Å². The minimum absolute atomic E-state index is 0.0714. The number of nitrogens with one attached hydrogen (secondary N) is 1. The van der Waals surface area contributed by atoms with Crippen molar-refractivity contribution >= 4 is 0 Å². The molecule has 0 bridgehead atoms. The molecule has 1 fully saturated rings. The number of hydrogen-bond acceptors (Lipinski definition) is 3. The van der Waals surface area contributed by atoms with E-state index in [1.54, 1.807) is 12.1 Å². The van der Waals surface area contributed by atoms with Crippen LogP contribution in [0.1, 0.15) is 29.3 Å². The molecule has 0 spiro atoms. The predicted molar refractivity (Wildman–Crippen MR) is 83.0 cm³/mol. The first-order valence-corrected chi connectivity index (χ1v) is 8.03. The minimum Gasteiger partial charge on any atom is -0.309 e. The lowest BCUT2D eigenvalue weighted by Crippen LogP contribution is -2.28. The molecule has 0 aliphatic carbocycles. The van der Waals surface area contributed by atoms with Gasteiger partial charge in [-0.05, 0) is 30.7 Å². The van der Waals surface area contributed by atoms with Crippen LogP contribution in [0, 0.1) is 5.82 Å². The molecule has 0 saturated carbocycles. The van der Waals surface area contributed by atoms with Crippen LogP contribution in [0.3, 0.4) is 0 Å². The second-order valence-electron chi connectivity index (χ2n) is 6.27. The number of hydrogen-bond donors (Lipinski definition) is 1. The van der Waals surface area contributed by atoms with Crippen molar-refractivity contribution in [1.29, 1.82) is 0 Å². The number of halogens is 1. The molecule has 0 amide bonds. The van der Waals surface area contributed by atoms with E-state index in [0.29, 0.717) is 5.92 Å². The molecule has 4 rings (SSSR count). The lowest BCUT2D eigenvalue weighted by atomic mass is 9.98. The second-order valence-corrected chi connectivity index (χ2v) is 6.27. The highest BCUT2D eigenvalue weighted by molar-refractivity contribution is 5.23. The largest absolute Gasteiger partial charge is 0.309 e. The molecule has 1 aromatic heterocycles. The Morgan fingerprint density at radius 3 is 3.05 bits per heavy atom. The van der Waals surface area contributed by atoms with E-state index in [-0.39, 0.29) is 5.82 Å². The molecule has 0 unspecified atom stereocenters. The summed E-state index contributed by atoms with van der Waals surface area (Å²) in [5.74, 6) is 0.234. The highest BCUT2D eigenvalue weighted by atomic mass is 19.1. The molecular formula is C17H21FN4. The summed E-state index contributed by atoms with van der Waals surface area (Å²) in [6.45, 7) is 5.65. The van der Waals surface area contributed by atoms with Crippen LogP contribution >= 0.6 is 0 Å². The van der Waals surface area contributed by atoms with Crippen LogP contribution in [-0.4, -0.2) is 34.3 Å². The standard InChI is InChI=1S/C17H21FN4/c18-17-4-2-1-3-16(17)13-5-7-21(11-13)12-14-9-15-10-19-6-8-22(15)20-14/h1-4,9,13,19H,5-8,10-12H2/t13-/m0/s1. The van der Waals surface area contributed by atoms with E-state index >= 15 is 0 Å². The Hall–Kier alpha value is -1.72. The zero-order chi connectivity index (χ0) is 14.9. The number of fused-ring (bicyclic) bond motifs is 1. The van der Waals surface area contributed by atoms with Crippen molar-refractivity contribution in [3.8, 4) is 0 Å². The van der Waals surface area contributed by atoms with Gasteiger partial charge in [0.2, 0.25) is 0 Å². The predicted octanol–water partition coefficient (Wildman–Crippen LogP) is 2.11. The van der Waals surface area contributed by atoms with E-state index in [2.05, 4.69) is 21.0 Å². The molecule has 2 aliphatic heterocycles. The monoisotopic (exact) mass is 300 g/mol. The van der Waals surface area contributed by atoms with E-state index in [1.807, 2.05) is 12.1 Å². The van der Waals surface area contributed by atoms with Gasteiger partial charge in [-0.2, -0.15) is 5.10 Å². The van der Waals surface area contributed by atoms with Crippen LogP contribution in [0.25, 0.3) is 0 Å². The Morgan fingerprint density at radius 2 is 2.18 bits per heavy atom. The van der Waals surface area contributed by atoms with Gasteiger partial charge >= 0.3 is 0 Å². The van der Waals surface area contributed by atoms with Crippen molar-refractivity contribution in [1.82, 2.24) is 20.0 Å². The second kappa shape index (κ2) is 5.82. The first kappa shape index (κ1) is 13.9. The van der Waals surface area contributed by atoms with Crippen molar-refractivity contribution < 1.29 is 4.39 Å². The van der Waals surface area contributed by atoms with Gasteiger partial charge in [0.1, 0.15) is 5.82 Å². The molecule has 4 nitrogen and oxygen atoms in total. The molecule has 1 N–H and O–H groups in total. The number of benzene rings is 1. The molecule has 5 heteroatoms. The maximum atomic E-state index is 13.9. The molecule has 1 atom stereocenters. The maximum absolute atomic E-state index is 13.9. The molecule has 1 saturated heterocycles. The Morgan fingerprint density at radius 1 is 1.27 bits per heavy atom. The third-order valence-corrected chi connectivity index (χ3v) is 4.72. The smallest absolute Gasteiger partial charge is 0.126 e. The fraction of sp³-hybridized carbons (Fsp3) is 0.471. The number of rotatable bonds is 3. The van der Waals surface area contributed by atoms with E-state index in [1.165, 1.54) is 5.69 Å². The zero-order valence-corrected chi connectivity index (χ0v) is 12.6. The van der Waals surface area contributed by atoms with Gasteiger partial charge in [-0.15, -0.1) is 0 Å². The Bertz CT molecular complexity index is 643. The molecule has 22 heavy (non-hydrogen) atoms. The van der Waals surface area contributed by atoms with Gasteiger partial charge < -0.3 is 5.32 Å². The zero-order valence-electron chi connectivity index (χ0n) is 12.6. The maximum Gasteiger partial charge on any atom is 0.126 e. The number of likely N-dealkylation sites (tertiary alicyclic amines) is 1. The van der Waals surface area contributed by atoms with E-state index in [9.17, 15) is 4.39 Å². The highest BCUT2D eigenvalue weighted by Crippen LogP contribution is 2.29. The van der Waals surface area contributed by atoms with E-state index in [4.69, 9.17) is 5.10 Å². The SMILES string of the molecule is Fc1ccccc1[C@H]1CCN(Cc2cc3n(n2)CCNC3)C1. The summed E-state index contributed by atoms with van der Waals surface area (Å²) in [4.78, 5) is 2.39. The van der Waals surface area contributed by atoms with Gasteiger partial charge in [0.25, 0.3) is 0 Å². The summed E-state index contributed by atoms with van der Waals surface area (Å²) in [6.07, 6.45) is 1.02. The Kier molecular flexibility index (Phi) is 3.68. The van der Waals surface area contributed by atoms with Crippen LogP contribution in [0.4, 0.5) is 4.39 Å². The fourth-order valence-corrected chi connectivity index (χ4v) is 3.59. The summed E-state index contributed by atoms with van der Waals surface area (Å²) >= 11 is 0. The van der Waals surface area contributed by atoms with Gasteiger partial charge in [-0.25, -0.2) is 4.39 Å². The summed E-state index contributed by atoms with van der Waals surface area (Å²) in [5.41, 5.74) is 3.26. The van der Waals surface area contributed by atoms with Crippen molar-refractivity contribution in [2.45, 2.75) is 32.0 Å². The Labute approximate surface area is 129 Å². The van der Waals surface area contributed by atoms with Crippen molar-refractivity contribution in [2.75, 3.05) is 19.6 Å². The summed E-state index contributed by atoms with van der Waals surface area (Å²) in [6, 6.07) is 9.37. The van der Waals surface area contributed by atoms with Gasteiger partial charge in [-0.3, -0.25) is 9.58 Å². The quantitative estimate of drug-likeness (QED) is 0.942.